The summed E-state index contributed by atoms with van der Waals surface area (Å²) in [6.45, 7) is 6.74. The molecule has 0 unspecified atom stereocenters. The Balaban J connectivity index is 1.48. The van der Waals surface area contributed by atoms with Crippen LogP contribution in [0.15, 0.2) is 0 Å². The van der Waals surface area contributed by atoms with Crippen LogP contribution in [0.2, 0.25) is 0 Å². The van der Waals surface area contributed by atoms with Crippen molar-refractivity contribution in [1.82, 2.24) is 0 Å². The van der Waals surface area contributed by atoms with Crippen LogP contribution < -0.4 is 0 Å². The van der Waals surface area contributed by atoms with E-state index in [1.807, 2.05) is 0 Å². The van der Waals surface area contributed by atoms with Gasteiger partial charge in [-0.25, -0.2) is 0 Å². The van der Waals surface area contributed by atoms with E-state index >= 15 is 0 Å². The molecule has 0 aromatic rings. The molecule has 0 N–H and O–H groups in total. The van der Waals surface area contributed by atoms with E-state index in [0.29, 0.717) is 0 Å². The van der Waals surface area contributed by atoms with Crippen LogP contribution in [0.5, 0.6) is 0 Å². The van der Waals surface area contributed by atoms with Crippen LogP contribution in [-0.2, 0) is 4.74 Å². The van der Waals surface area contributed by atoms with Crippen molar-refractivity contribution in [3.63, 3.8) is 0 Å². The van der Waals surface area contributed by atoms with Gasteiger partial charge in [-0.15, -0.1) is 0 Å². The molecule has 0 bridgehead atoms. The molecule has 0 spiro atoms. The summed E-state index contributed by atoms with van der Waals surface area (Å²) >= 11 is 0. The molecule has 0 saturated heterocycles. The lowest BCUT2D eigenvalue weighted by atomic mass is 9.79. The fourth-order valence-electron chi connectivity index (χ4n) is 4.76. The highest BCUT2D eigenvalue weighted by molar-refractivity contribution is 4.74. The fraction of sp³-hybridized carbons (Fsp3) is 1.00. The number of hydrogen-bond acceptors (Lipinski definition) is 1. The first-order valence-electron chi connectivity index (χ1n) is 10.9. The molecule has 2 aliphatic rings. The lowest BCUT2D eigenvalue weighted by Crippen LogP contribution is -2.22. The van der Waals surface area contributed by atoms with Crippen molar-refractivity contribution < 1.29 is 4.74 Å². The molecule has 0 radical (unpaired) electrons. The van der Waals surface area contributed by atoms with Gasteiger partial charge in [0.05, 0.1) is 0 Å². The maximum atomic E-state index is 6.15. The van der Waals surface area contributed by atoms with Gasteiger partial charge in [0.2, 0.25) is 0 Å². The first kappa shape index (κ1) is 19.3. The maximum absolute atomic E-state index is 6.15. The van der Waals surface area contributed by atoms with Crippen LogP contribution in [0.3, 0.4) is 0 Å². The zero-order chi connectivity index (χ0) is 16.3. The van der Waals surface area contributed by atoms with Gasteiger partial charge in [0, 0.05) is 13.2 Å². The average molecular weight is 323 g/mol. The van der Waals surface area contributed by atoms with Gasteiger partial charge in [-0.05, 0) is 49.4 Å². The number of unbranched alkanes of at least 4 members (excludes halogenated alkanes) is 2. The van der Waals surface area contributed by atoms with E-state index in [0.717, 1.165) is 36.9 Å². The van der Waals surface area contributed by atoms with Gasteiger partial charge < -0.3 is 4.74 Å². The topological polar surface area (TPSA) is 9.23 Å². The Bertz CT molecular complexity index is 244. The second-order valence-electron chi connectivity index (χ2n) is 8.60. The van der Waals surface area contributed by atoms with E-state index in [1.54, 1.807) is 0 Å². The van der Waals surface area contributed by atoms with Crippen molar-refractivity contribution in [2.24, 2.45) is 23.7 Å². The maximum Gasteiger partial charge on any atom is 0.0494 e. The minimum Gasteiger partial charge on any atom is -0.381 e. The number of hydrogen-bond donors (Lipinski definition) is 0. The summed E-state index contributed by atoms with van der Waals surface area (Å²) in [4.78, 5) is 0. The summed E-state index contributed by atoms with van der Waals surface area (Å²) in [6, 6.07) is 0. The van der Waals surface area contributed by atoms with Crippen LogP contribution in [0, 0.1) is 23.7 Å². The molecule has 0 atom stereocenters. The highest BCUT2D eigenvalue weighted by atomic mass is 16.5. The average Bonchev–Trinajstić information content (AvgIpc) is 2.60. The smallest absolute Gasteiger partial charge is 0.0494 e. The minimum atomic E-state index is 0.869. The number of rotatable bonds is 10. The molecule has 1 heteroatoms. The summed E-state index contributed by atoms with van der Waals surface area (Å²) in [6.07, 6.45) is 20.1. The molecule has 0 heterocycles. The summed E-state index contributed by atoms with van der Waals surface area (Å²) in [7, 11) is 0. The van der Waals surface area contributed by atoms with E-state index in [2.05, 4.69) is 13.8 Å². The second kappa shape index (κ2) is 11.5. The third kappa shape index (κ3) is 7.59. The van der Waals surface area contributed by atoms with Gasteiger partial charge in [0.25, 0.3) is 0 Å². The highest BCUT2D eigenvalue weighted by Crippen LogP contribution is 2.34. The Morgan fingerprint density at radius 1 is 0.565 bits per heavy atom. The van der Waals surface area contributed by atoms with Gasteiger partial charge >= 0.3 is 0 Å². The van der Waals surface area contributed by atoms with Gasteiger partial charge in [0.1, 0.15) is 0 Å². The van der Waals surface area contributed by atoms with Crippen molar-refractivity contribution in [2.45, 2.75) is 104 Å². The number of ether oxygens (including phenoxy) is 1. The molecular weight excluding hydrogens is 280 g/mol. The predicted molar refractivity (Wildman–Crippen MR) is 101 cm³/mol. The molecule has 2 saturated carbocycles. The standard InChI is InChI=1S/C22H42O/c1-3-5-7-19-9-13-21(14-10-19)17-23-18-22-15-11-20(12-16-22)8-6-4-2/h19-22H,3-18H2,1-2H3/t19-,20-,21-,22-. The summed E-state index contributed by atoms with van der Waals surface area (Å²) in [5, 5.41) is 0. The first-order chi connectivity index (χ1) is 11.3. The Morgan fingerprint density at radius 3 is 1.26 bits per heavy atom. The second-order valence-corrected chi connectivity index (χ2v) is 8.60. The van der Waals surface area contributed by atoms with Crippen LogP contribution in [0.4, 0.5) is 0 Å². The summed E-state index contributed by atoms with van der Waals surface area (Å²) < 4.78 is 6.15. The largest absolute Gasteiger partial charge is 0.381 e. The molecule has 0 aromatic heterocycles. The van der Waals surface area contributed by atoms with E-state index in [9.17, 15) is 0 Å². The zero-order valence-electron chi connectivity index (χ0n) is 16.0. The molecular formula is C22H42O. The molecule has 23 heavy (non-hydrogen) atoms. The minimum absolute atomic E-state index is 0.869. The molecule has 1 nitrogen and oxygen atoms in total. The van der Waals surface area contributed by atoms with E-state index in [4.69, 9.17) is 4.74 Å². The van der Waals surface area contributed by atoms with E-state index in [1.165, 1.54) is 89.9 Å². The Labute approximate surface area is 146 Å². The summed E-state index contributed by atoms with van der Waals surface area (Å²) in [5.41, 5.74) is 0. The van der Waals surface area contributed by atoms with Crippen LogP contribution in [-0.4, -0.2) is 13.2 Å². The van der Waals surface area contributed by atoms with Gasteiger partial charge in [-0.3, -0.25) is 0 Å². The molecule has 0 aliphatic heterocycles. The van der Waals surface area contributed by atoms with Gasteiger partial charge in [-0.1, -0.05) is 78.1 Å². The molecule has 0 amide bonds. The van der Waals surface area contributed by atoms with Gasteiger partial charge in [0.15, 0.2) is 0 Å². The normalized spacial score (nSPS) is 32.1. The monoisotopic (exact) mass is 322 g/mol. The highest BCUT2D eigenvalue weighted by Gasteiger charge is 2.23. The first-order valence-corrected chi connectivity index (χ1v) is 10.9. The zero-order valence-corrected chi connectivity index (χ0v) is 16.0. The summed E-state index contributed by atoms with van der Waals surface area (Å²) in [5.74, 6) is 3.80. The van der Waals surface area contributed by atoms with Crippen LogP contribution >= 0.6 is 0 Å². The molecule has 0 aromatic carbocycles. The predicted octanol–water partition coefficient (Wildman–Crippen LogP) is 7.00. The van der Waals surface area contributed by atoms with Crippen LogP contribution in [0.25, 0.3) is 0 Å². The molecule has 136 valence electrons. The van der Waals surface area contributed by atoms with Crippen molar-refractivity contribution in [2.75, 3.05) is 13.2 Å². The Kier molecular flexibility index (Phi) is 9.65. The lowest BCUT2D eigenvalue weighted by molar-refractivity contribution is 0.0406. The van der Waals surface area contributed by atoms with Crippen LogP contribution in [0.1, 0.15) is 104 Å². The van der Waals surface area contributed by atoms with Crippen molar-refractivity contribution in [3.05, 3.63) is 0 Å². The van der Waals surface area contributed by atoms with Crippen molar-refractivity contribution in [3.8, 4) is 0 Å². The third-order valence-corrected chi connectivity index (χ3v) is 6.57. The van der Waals surface area contributed by atoms with E-state index in [-0.39, 0.29) is 0 Å². The SMILES string of the molecule is CCCC[C@H]1CC[C@H](COC[C@H]2CC[C@H](CCCC)CC2)CC1. The lowest BCUT2D eigenvalue weighted by Gasteiger charge is -2.30. The van der Waals surface area contributed by atoms with Crippen molar-refractivity contribution >= 4 is 0 Å². The van der Waals surface area contributed by atoms with Gasteiger partial charge in [-0.2, -0.15) is 0 Å². The fourth-order valence-corrected chi connectivity index (χ4v) is 4.76. The molecule has 2 aliphatic carbocycles. The third-order valence-electron chi connectivity index (χ3n) is 6.57. The van der Waals surface area contributed by atoms with E-state index < -0.39 is 0 Å². The molecule has 2 fully saturated rings. The Morgan fingerprint density at radius 2 is 0.913 bits per heavy atom. The molecule has 2 rings (SSSR count). The quantitative estimate of drug-likeness (QED) is 0.421. The Hall–Kier alpha value is -0.0400. The van der Waals surface area contributed by atoms with Crippen molar-refractivity contribution in [1.29, 1.82) is 0 Å².